The molecule has 1 aromatic heterocycles. The predicted molar refractivity (Wildman–Crippen MR) is 88.9 cm³/mol. The fourth-order valence-corrected chi connectivity index (χ4v) is 2.48. The standard InChI is InChI=1S/C17H15ClN2O3/c1-20-14-10-11(2-7-15(14)23-17(20)22)8-9-19-16(21)12-3-5-13(18)6-4-12/h2-7,10H,8-9H2,1H3,(H,19,21). The van der Waals surface area contributed by atoms with Crippen molar-refractivity contribution in [3.05, 3.63) is 69.2 Å². The smallest absolute Gasteiger partial charge is 0.408 e. The number of fused-ring (bicyclic) bond motifs is 1. The number of aromatic nitrogens is 1. The second kappa shape index (κ2) is 6.30. The Labute approximate surface area is 137 Å². The SMILES string of the molecule is Cn1c(=O)oc2ccc(CCNC(=O)c3ccc(Cl)cc3)cc21. The number of hydrogen-bond donors (Lipinski definition) is 1. The number of carbonyl (C=O) groups excluding carboxylic acids is 1. The lowest BCUT2D eigenvalue weighted by Crippen LogP contribution is -2.25. The summed E-state index contributed by atoms with van der Waals surface area (Å²) in [5.41, 5.74) is 2.90. The summed E-state index contributed by atoms with van der Waals surface area (Å²) in [6, 6.07) is 12.3. The molecule has 0 aliphatic rings. The second-order valence-corrected chi connectivity index (χ2v) is 5.68. The fraction of sp³-hybridized carbons (Fsp3) is 0.176. The van der Waals surface area contributed by atoms with Gasteiger partial charge in [0.2, 0.25) is 0 Å². The molecule has 23 heavy (non-hydrogen) atoms. The molecule has 118 valence electrons. The van der Waals surface area contributed by atoms with Crippen LogP contribution >= 0.6 is 11.6 Å². The van der Waals surface area contributed by atoms with Crippen molar-refractivity contribution < 1.29 is 9.21 Å². The van der Waals surface area contributed by atoms with Crippen molar-refractivity contribution in [1.29, 1.82) is 0 Å². The van der Waals surface area contributed by atoms with E-state index in [4.69, 9.17) is 16.0 Å². The molecule has 0 radical (unpaired) electrons. The van der Waals surface area contributed by atoms with Crippen LogP contribution < -0.4 is 11.1 Å². The highest BCUT2D eigenvalue weighted by molar-refractivity contribution is 6.30. The molecule has 0 atom stereocenters. The highest BCUT2D eigenvalue weighted by atomic mass is 35.5. The largest absolute Gasteiger partial charge is 0.419 e. The summed E-state index contributed by atoms with van der Waals surface area (Å²) in [7, 11) is 1.67. The van der Waals surface area contributed by atoms with Crippen LogP contribution in [0.4, 0.5) is 0 Å². The highest BCUT2D eigenvalue weighted by Crippen LogP contribution is 2.14. The molecule has 3 aromatic rings. The number of oxazole rings is 1. The van der Waals surface area contributed by atoms with Gasteiger partial charge in [-0.15, -0.1) is 0 Å². The van der Waals surface area contributed by atoms with Gasteiger partial charge in [-0.1, -0.05) is 17.7 Å². The lowest BCUT2D eigenvalue weighted by atomic mass is 10.1. The molecule has 1 amide bonds. The summed E-state index contributed by atoms with van der Waals surface area (Å²) < 4.78 is 6.55. The van der Waals surface area contributed by atoms with E-state index in [1.807, 2.05) is 12.1 Å². The molecular weight excluding hydrogens is 316 g/mol. The Morgan fingerprint density at radius 1 is 1.22 bits per heavy atom. The molecule has 0 fully saturated rings. The Morgan fingerprint density at radius 3 is 2.70 bits per heavy atom. The molecule has 0 spiro atoms. The molecule has 0 unspecified atom stereocenters. The van der Waals surface area contributed by atoms with Gasteiger partial charge in [-0.3, -0.25) is 9.36 Å². The molecule has 0 aliphatic carbocycles. The number of halogens is 1. The first-order valence-corrected chi connectivity index (χ1v) is 7.54. The minimum absolute atomic E-state index is 0.140. The van der Waals surface area contributed by atoms with Gasteiger partial charge in [-0.05, 0) is 48.4 Å². The molecule has 6 heteroatoms. The van der Waals surface area contributed by atoms with Crippen LogP contribution in [0.25, 0.3) is 11.1 Å². The van der Waals surface area contributed by atoms with Crippen LogP contribution in [-0.2, 0) is 13.5 Å². The molecule has 0 bridgehead atoms. The first-order valence-electron chi connectivity index (χ1n) is 7.17. The van der Waals surface area contributed by atoms with E-state index in [9.17, 15) is 9.59 Å². The van der Waals surface area contributed by atoms with Crippen LogP contribution in [-0.4, -0.2) is 17.0 Å². The van der Waals surface area contributed by atoms with Gasteiger partial charge in [0.25, 0.3) is 5.91 Å². The van der Waals surface area contributed by atoms with Crippen LogP contribution in [0.2, 0.25) is 5.02 Å². The van der Waals surface area contributed by atoms with Crippen molar-refractivity contribution in [1.82, 2.24) is 9.88 Å². The average Bonchev–Trinajstić information content (AvgIpc) is 2.83. The van der Waals surface area contributed by atoms with Crippen LogP contribution in [0.3, 0.4) is 0 Å². The van der Waals surface area contributed by atoms with Crippen molar-refractivity contribution in [2.45, 2.75) is 6.42 Å². The summed E-state index contributed by atoms with van der Waals surface area (Å²) >= 11 is 5.80. The Morgan fingerprint density at radius 2 is 1.96 bits per heavy atom. The van der Waals surface area contributed by atoms with Gasteiger partial charge in [0.1, 0.15) is 0 Å². The Kier molecular flexibility index (Phi) is 4.21. The molecule has 1 N–H and O–H groups in total. The number of amides is 1. The van der Waals surface area contributed by atoms with Crippen LogP contribution in [0.15, 0.2) is 51.7 Å². The summed E-state index contributed by atoms with van der Waals surface area (Å²) in [6.45, 7) is 0.499. The number of hydrogen-bond acceptors (Lipinski definition) is 3. The van der Waals surface area contributed by atoms with Crippen molar-refractivity contribution in [2.24, 2.45) is 7.05 Å². The third-order valence-corrected chi connectivity index (χ3v) is 3.91. The average molecular weight is 331 g/mol. The number of rotatable bonds is 4. The first kappa shape index (κ1) is 15.4. The molecule has 2 aromatic carbocycles. The summed E-state index contributed by atoms with van der Waals surface area (Å²) in [6.07, 6.45) is 0.661. The van der Waals surface area contributed by atoms with Crippen LogP contribution in [0, 0.1) is 0 Å². The molecule has 0 aliphatic heterocycles. The molecular formula is C17H15ClN2O3. The maximum Gasteiger partial charge on any atom is 0.419 e. The minimum atomic E-state index is -0.381. The van der Waals surface area contributed by atoms with E-state index in [0.29, 0.717) is 29.1 Å². The zero-order valence-corrected chi connectivity index (χ0v) is 13.3. The third kappa shape index (κ3) is 3.29. The van der Waals surface area contributed by atoms with Gasteiger partial charge < -0.3 is 9.73 Å². The van der Waals surface area contributed by atoms with Crippen molar-refractivity contribution in [3.63, 3.8) is 0 Å². The first-order chi connectivity index (χ1) is 11.0. The normalized spacial score (nSPS) is 10.9. The molecule has 1 heterocycles. The van der Waals surface area contributed by atoms with Gasteiger partial charge in [-0.25, -0.2) is 4.79 Å². The van der Waals surface area contributed by atoms with E-state index in [-0.39, 0.29) is 11.7 Å². The van der Waals surface area contributed by atoms with Gasteiger partial charge in [-0.2, -0.15) is 0 Å². The van der Waals surface area contributed by atoms with E-state index in [0.717, 1.165) is 11.1 Å². The van der Waals surface area contributed by atoms with Crippen molar-refractivity contribution in [2.75, 3.05) is 6.54 Å². The Balaban J connectivity index is 1.64. The monoisotopic (exact) mass is 330 g/mol. The lowest BCUT2D eigenvalue weighted by Gasteiger charge is -2.06. The molecule has 3 rings (SSSR count). The number of nitrogens with zero attached hydrogens (tertiary/aromatic N) is 1. The van der Waals surface area contributed by atoms with Crippen LogP contribution in [0.1, 0.15) is 15.9 Å². The zero-order valence-electron chi connectivity index (χ0n) is 12.5. The molecule has 0 saturated carbocycles. The highest BCUT2D eigenvalue weighted by Gasteiger charge is 2.08. The summed E-state index contributed by atoms with van der Waals surface area (Å²) in [4.78, 5) is 23.5. The Bertz CT molecular complexity index is 910. The van der Waals surface area contributed by atoms with E-state index in [2.05, 4.69) is 5.32 Å². The summed E-state index contributed by atoms with van der Waals surface area (Å²) in [5, 5.41) is 3.46. The predicted octanol–water partition coefficient (Wildman–Crippen LogP) is 2.76. The molecule has 5 nitrogen and oxygen atoms in total. The Hall–Kier alpha value is -2.53. The lowest BCUT2D eigenvalue weighted by molar-refractivity contribution is 0.0954. The van der Waals surface area contributed by atoms with Crippen molar-refractivity contribution >= 4 is 28.6 Å². The van der Waals surface area contributed by atoms with E-state index in [1.165, 1.54) is 4.57 Å². The summed E-state index contributed by atoms with van der Waals surface area (Å²) in [5.74, 6) is -0.522. The minimum Gasteiger partial charge on any atom is -0.408 e. The quantitative estimate of drug-likeness (QED) is 0.800. The third-order valence-electron chi connectivity index (χ3n) is 3.66. The topological polar surface area (TPSA) is 64.2 Å². The van der Waals surface area contributed by atoms with Gasteiger partial charge in [0.15, 0.2) is 5.58 Å². The number of benzene rings is 2. The number of carbonyl (C=O) groups is 1. The number of aryl methyl sites for hydroxylation is 1. The van der Waals surface area contributed by atoms with Gasteiger partial charge in [0.05, 0.1) is 5.52 Å². The van der Waals surface area contributed by atoms with Crippen molar-refractivity contribution in [3.8, 4) is 0 Å². The maximum atomic E-state index is 12.0. The van der Waals surface area contributed by atoms with Gasteiger partial charge >= 0.3 is 5.76 Å². The second-order valence-electron chi connectivity index (χ2n) is 5.24. The van der Waals surface area contributed by atoms with Crippen LogP contribution in [0.5, 0.6) is 0 Å². The fourth-order valence-electron chi connectivity index (χ4n) is 2.35. The van der Waals surface area contributed by atoms with E-state index in [1.54, 1.807) is 37.4 Å². The van der Waals surface area contributed by atoms with E-state index >= 15 is 0 Å². The maximum absolute atomic E-state index is 12.0. The van der Waals surface area contributed by atoms with E-state index < -0.39 is 0 Å². The molecule has 0 saturated heterocycles. The number of nitrogens with one attached hydrogen (secondary N) is 1. The zero-order chi connectivity index (χ0) is 16.4. The van der Waals surface area contributed by atoms with Gasteiger partial charge in [0, 0.05) is 24.2 Å².